The van der Waals surface area contributed by atoms with Gasteiger partial charge in [0.2, 0.25) is 0 Å². The third-order valence-electron chi connectivity index (χ3n) is 5.02. The lowest BCUT2D eigenvalue weighted by Gasteiger charge is -2.35. The van der Waals surface area contributed by atoms with E-state index in [1.165, 1.54) is 10.0 Å². The molecule has 4 rings (SSSR count). The summed E-state index contributed by atoms with van der Waals surface area (Å²) in [5.41, 5.74) is 1.34. The Morgan fingerprint density at radius 3 is 2.04 bits per heavy atom. The molecule has 1 aromatic carbocycles. The molecule has 0 N–H and O–H groups in total. The summed E-state index contributed by atoms with van der Waals surface area (Å²) in [6.07, 6.45) is 0. The van der Waals surface area contributed by atoms with Crippen LogP contribution >= 0.6 is 15.9 Å². The van der Waals surface area contributed by atoms with Gasteiger partial charge in [0.05, 0.1) is 13.2 Å². The van der Waals surface area contributed by atoms with Gasteiger partial charge in [-0.2, -0.15) is 0 Å². The van der Waals surface area contributed by atoms with E-state index in [2.05, 4.69) is 77.2 Å². The molecule has 0 bridgehead atoms. The summed E-state index contributed by atoms with van der Waals surface area (Å²) < 4.78 is 6.58. The number of hydrogen-bond donors (Lipinski definition) is 0. The molecule has 2 aromatic rings. The number of rotatable bonds is 4. The largest absolute Gasteiger partial charge is 0.378 e. The maximum absolute atomic E-state index is 5.39. The van der Waals surface area contributed by atoms with Gasteiger partial charge >= 0.3 is 0 Å². The van der Waals surface area contributed by atoms with Crippen LogP contribution in [0.15, 0.2) is 40.9 Å². The van der Waals surface area contributed by atoms with Crippen molar-refractivity contribution >= 4 is 27.6 Å². The van der Waals surface area contributed by atoms with Crippen molar-refractivity contribution < 1.29 is 4.74 Å². The lowest BCUT2D eigenvalue weighted by atomic mass is 10.2. The van der Waals surface area contributed by atoms with Crippen LogP contribution in [0.25, 0.3) is 0 Å². The molecule has 7 heteroatoms. The predicted octanol–water partition coefficient (Wildman–Crippen LogP) is 2.40. The zero-order valence-corrected chi connectivity index (χ0v) is 16.4. The van der Waals surface area contributed by atoms with Crippen molar-refractivity contribution in [2.75, 3.05) is 62.3 Å². The number of nitrogens with zero attached hydrogens (tertiary/aromatic N) is 5. The monoisotopic (exact) mass is 417 g/mol. The maximum atomic E-state index is 5.39. The van der Waals surface area contributed by atoms with Crippen LogP contribution in [0.4, 0.5) is 11.6 Å². The van der Waals surface area contributed by atoms with Crippen molar-refractivity contribution in [2.24, 2.45) is 0 Å². The van der Waals surface area contributed by atoms with E-state index in [4.69, 9.17) is 4.74 Å². The molecule has 26 heavy (non-hydrogen) atoms. The molecule has 6 nitrogen and oxygen atoms in total. The third-order valence-corrected chi connectivity index (χ3v) is 5.79. The number of halogens is 1. The Hall–Kier alpha value is -1.70. The Balaban J connectivity index is 1.32. The Morgan fingerprint density at radius 2 is 1.42 bits per heavy atom. The van der Waals surface area contributed by atoms with Crippen LogP contribution in [0.5, 0.6) is 0 Å². The third kappa shape index (κ3) is 4.16. The number of piperazine rings is 1. The van der Waals surface area contributed by atoms with E-state index in [-0.39, 0.29) is 0 Å². The highest BCUT2D eigenvalue weighted by Gasteiger charge is 2.20. The van der Waals surface area contributed by atoms with Gasteiger partial charge in [0.1, 0.15) is 0 Å². The molecule has 0 spiro atoms. The van der Waals surface area contributed by atoms with E-state index < -0.39 is 0 Å². The van der Waals surface area contributed by atoms with Crippen LogP contribution < -0.4 is 9.80 Å². The summed E-state index contributed by atoms with van der Waals surface area (Å²) in [5.74, 6) is 1.92. The molecule has 138 valence electrons. The van der Waals surface area contributed by atoms with Gasteiger partial charge in [0.25, 0.3) is 0 Å². The Kier molecular flexibility index (Phi) is 5.67. The van der Waals surface area contributed by atoms with Crippen molar-refractivity contribution in [2.45, 2.75) is 6.54 Å². The minimum atomic E-state index is 0.767. The van der Waals surface area contributed by atoms with Crippen molar-refractivity contribution in [3.05, 3.63) is 46.4 Å². The zero-order chi connectivity index (χ0) is 17.8. The number of aromatic nitrogens is 2. The van der Waals surface area contributed by atoms with Crippen molar-refractivity contribution in [1.82, 2.24) is 15.1 Å². The van der Waals surface area contributed by atoms with E-state index in [0.29, 0.717) is 0 Å². The second kappa shape index (κ2) is 8.33. The van der Waals surface area contributed by atoms with Crippen LogP contribution in [0.1, 0.15) is 5.56 Å². The quantitative estimate of drug-likeness (QED) is 0.760. The second-order valence-electron chi connectivity index (χ2n) is 6.70. The first-order chi connectivity index (χ1) is 12.8. The van der Waals surface area contributed by atoms with Gasteiger partial charge in [-0.3, -0.25) is 4.90 Å². The standard InChI is InChI=1S/C19H24BrN5O/c20-17-4-2-1-3-16(17)15-23-7-9-24(10-8-23)18-5-6-19(22-21-18)25-11-13-26-14-12-25/h1-6H,7-15H2. The van der Waals surface area contributed by atoms with Crippen LogP contribution in [0, 0.1) is 0 Å². The van der Waals surface area contributed by atoms with Gasteiger partial charge in [0.15, 0.2) is 11.6 Å². The Morgan fingerprint density at radius 1 is 0.808 bits per heavy atom. The lowest BCUT2D eigenvalue weighted by molar-refractivity contribution is 0.122. The number of morpholine rings is 1. The fourth-order valence-electron chi connectivity index (χ4n) is 3.45. The second-order valence-corrected chi connectivity index (χ2v) is 7.56. The number of benzene rings is 1. The summed E-state index contributed by atoms with van der Waals surface area (Å²) in [6.45, 7) is 8.33. The molecule has 0 amide bonds. The van der Waals surface area contributed by atoms with E-state index in [9.17, 15) is 0 Å². The number of hydrogen-bond acceptors (Lipinski definition) is 6. The summed E-state index contributed by atoms with van der Waals surface area (Å²) in [4.78, 5) is 7.05. The minimum absolute atomic E-state index is 0.767. The summed E-state index contributed by atoms with van der Waals surface area (Å²) in [5, 5.41) is 8.90. The minimum Gasteiger partial charge on any atom is -0.378 e. The van der Waals surface area contributed by atoms with Gasteiger partial charge in [-0.25, -0.2) is 0 Å². The Labute approximate surface area is 162 Å². The van der Waals surface area contributed by atoms with Crippen molar-refractivity contribution in [3.8, 4) is 0 Å². The molecule has 1 aromatic heterocycles. The summed E-state index contributed by atoms with van der Waals surface area (Å²) in [6, 6.07) is 12.6. The summed E-state index contributed by atoms with van der Waals surface area (Å²) >= 11 is 3.64. The average molecular weight is 418 g/mol. The summed E-state index contributed by atoms with van der Waals surface area (Å²) in [7, 11) is 0. The van der Waals surface area contributed by atoms with Crippen LogP contribution in [-0.4, -0.2) is 67.6 Å². The lowest BCUT2D eigenvalue weighted by Crippen LogP contribution is -2.46. The molecule has 2 fully saturated rings. The predicted molar refractivity (Wildman–Crippen MR) is 107 cm³/mol. The van der Waals surface area contributed by atoms with Gasteiger partial charge in [-0.05, 0) is 23.8 Å². The normalized spacial score (nSPS) is 19.0. The highest BCUT2D eigenvalue weighted by molar-refractivity contribution is 9.10. The van der Waals surface area contributed by atoms with E-state index >= 15 is 0 Å². The van der Waals surface area contributed by atoms with E-state index in [1.807, 2.05) is 0 Å². The first kappa shape index (κ1) is 17.7. The van der Waals surface area contributed by atoms with E-state index in [0.717, 1.165) is 70.7 Å². The highest BCUT2D eigenvalue weighted by atomic mass is 79.9. The molecule has 0 saturated carbocycles. The maximum Gasteiger partial charge on any atom is 0.151 e. The number of ether oxygens (including phenoxy) is 1. The Bertz CT molecular complexity index is 712. The molecule has 3 heterocycles. The zero-order valence-electron chi connectivity index (χ0n) is 14.9. The van der Waals surface area contributed by atoms with Gasteiger partial charge in [0, 0.05) is 50.3 Å². The molecule has 0 radical (unpaired) electrons. The molecule has 2 aliphatic rings. The topological polar surface area (TPSA) is 44.7 Å². The van der Waals surface area contributed by atoms with Gasteiger partial charge in [-0.1, -0.05) is 34.1 Å². The SMILES string of the molecule is Brc1ccccc1CN1CCN(c2ccc(N3CCOCC3)nn2)CC1. The smallest absolute Gasteiger partial charge is 0.151 e. The first-order valence-electron chi connectivity index (χ1n) is 9.17. The van der Waals surface area contributed by atoms with Crippen LogP contribution in [-0.2, 0) is 11.3 Å². The van der Waals surface area contributed by atoms with Gasteiger partial charge < -0.3 is 14.5 Å². The molecule has 2 saturated heterocycles. The van der Waals surface area contributed by atoms with E-state index in [1.54, 1.807) is 0 Å². The fraction of sp³-hybridized carbons (Fsp3) is 0.474. The van der Waals surface area contributed by atoms with Gasteiger partial charge in [-0.15, -0.1) is 10.2 Å². The van der Waals surface area contributed by atoms with Crippen molar-refractivity contribution in [1.29, 1.82) is 0 Å². The molecule has 0 aliphatic carbocycles. The van der Waals surface area contributed by atoms with Crippen LogP contribution in [0.3, 0.4) is 0 Å². The molecule has 0 atom stereocenters. The van der Waals surface area contributed by atoms with Crippen LogP contribution in [0.2, 0.25) is 0 Å². The molecular formula is C19H24BrN5O. The molecule has 2 aliphatic heterocycles. The number of anilines is 2. The fourth-order valence-corrected chi connectivity index (χ4v) is 3.86. The molecule has 0 unspecified atom stereocenters. The average Bonchev–Trinajstić information content (AvgIpc) is 2.71. The highest BCUT2D eigenvalue weighted by Crippen LogP contribution is 2.20. The molecular weight excluding hydrogens is 394 g/mol. The first-order valence-corrected chi connectivity index (χ1v) is 9.96. The van der Waals surface area contributed by atoms with Crippen molar-refractivity contribution in [3.63, 3.8) is 0 Å².